The second-order valence-corrected chi connectivity index (χ2v) is 7.34. The van der Waals surface area contributed by atoms with Crippen LogP contribution in [-0.2, 0) is 17.9 Å². The van der Waals surface area contributed by atoms with E-state index >= 15 is 0 Å². The van der Waals surface area contributed by atoms with Crippen molar-refractivity contribution in [3.63, 3.8) is 0 Å². The highest BCUT2D eigenvalue weighted by molar-refractivity contribution is 14.0. The number of ether oxygens (including phenoxy) is 1. The minimum absolute atomic E-state index is 0. The standard InChI is InChI=1S/C20H29N5O2S.HI/c1-5-21-19(26)13-27-18-9-7-8-16(10-18)11-23-20(22-6-2)25(4)12-17-14-28-15(3)24-17;/h7-10,14H,5-6,11-13H2,1-4H3,(H,21,26)(H,22,23);1H. The van der Waals surface area contributed by atoms with Crippen molar-refractivity contribution in [1.29, 1.82) is 0 Å². The number of hydrogen-bond acceptors (Lipinski definition) is 5. The lowest BCUT2D eigenvalue weighted by atomic mass is 10.2. The zero-order chi connectivity index (χ0) is 20.4. The molecule has 1 aromatic heterocycles. The summed E-state index contributed by atoms with van der Waals surface area (Å²) in [4.78, 5) is 22.8. The highest BCUT2D eigenvalue weighted by Crippen LogP contribution is 2.14. The summed E-state index contributed by atoms with van der Waals surface area (Å²) < 4.78 is 5.55. The predicted octanol–water partition coefficient (Wildman–Crippen LogP) is 3.18. The van der Waals surface area contributed by atoms with Gasteiger partial charge in [0.15, 0.2) is 12.6 Å². The molecule has 2 rings (SSSR count). The molecule has 0 fully saturated rings. The third-order valence-electron chi connectivity index (χ3n) is 3.82. The van der Waals surface area contributed by atoms with Crippen molar-refractivity contribution in [2.45, 2.75) is 33.9 Å². The summed E-state index contributed by atoms with van der Waals surface area (Å²) in [5, 5.41) is 9.17. The Morgan fingerprint density at radius 3 is 2.69 bits per heavy atom. The summed E-state index contributed by atoms with van der Waals surface area (Å²) in [6.45, 7) is 8.55. The molecule has 1 aromatic carbocycles. The van der Waals surface area contributed by atoms with Crippen molar-refractivity contribution in [2.24, 2.45) is 4.99 Å². The Morgan fingerprint density at radius 2 is 2.03 bits per heavy atom. The number of guanidine groups is 1. The molecule has 7 nitrogen and oxygen atoms in total. The van der Waals surface area contributed by atoms with Crippen LogP contribution in [0.25, 0.3) is 0 Å². The second-order valence-electron chi connectivity index (χ2n) is 6.27. The number of likely N-dealkylation sites (N-methyl/N-ethyl adjacent to an activating group) is 1. The van der Waals surface area contributed by atoms with Gasteiger partial charge < -0.3 is 20.3 Å². The molecular formula is C20H30IN5O2S. The lowest BCUT2D eigenvalue weighted by Crippen LogP contribution is -2.38. The average molecular weight is 531 g/mol. The molecule has 0 radical (unpaired) electrons. The summed E-state index contributed by atoms with van der Waals surface area (Å²) in [7, 11) is 2.00. The Labute approximate surface area is 194 Å². The average Bonchev–Trinajstić information content (AvgIpc) is 3.08. The lowest BCUT2D eigenvalue weighted by Gasteiger charge is -2.21. The maximum atomic E-state index is 11.5. The number of thiazole rings is 1. The molecule has 0 aliphatic rings. The molecule has 0 saturated heterocycles. The first-order valence-corrected chi connectivity index (χ1v) is 10.3. The number of halogens is 1. The van der Waals surface area contributed by atoms with Gasteiger partial charge in [0, 0.05) is 25.5 Å². The van der Waals surface area contributed by atoms with Crippen molar-refractivity contribution in [2.75, 3.05) is 26.7 Å². The van der Waals surface area contributed by atoms with Crippen molar-refractivity contribution >= 4 is 47.2 Å². The summed E-state index contributed by atoms with van der Waals surface area (Å²) in [5.41, 5.74) is 2.05. The topological polar surface area (TPSA) is 78.8 Å². The number of aliphatic imine (C=N–C) groups is 1. The van der Waals surface area contributed by atoms with E-state index in [1.54, 1.807) is 11.3 Å². The SMILES string of the molecule is CCNC(=O)COc1cccc(CN=C(NCC)N(C)Cc2csc(C)n2)c1.I. The first kappa shape index (κ1) is 25.2. The van der Waals surface area contributed by atoms with E-state index in [0.29, 0.717) is 25.4 Å². The molecule has 0 bridgehead atoms. The van der Waals surface area contributed by atoms with Crippen LogP contribution in [0.15, 0.2) is 34.6 Å². The molecule has 0 aliphatic carbocycles. The highest BCUT2D eigenvalue weighted by Gasteiger charge is 2.09. The smallest absolute Gasteiger partial charge is 0.257 e. The van der Waals surface area contributed by atoms with Gasteiger partial charge in [-0.1, -0.05) is 12.1 Å². The third kappa shape index (κ3) is 8.99. The largest absolute Gasteiger partial charge is 0.484 e. The van der Waals surface area contributed by atoms with Crippen LogP contribution < -0.4 is 15.4 Å². The Bertz CT molecular complexity index is 797. The van der Waals surface area contributed by atoms with Gasteiger partial charge in [0.25, 0.3) is 5.91 Å². The number of aryl methyl sites for hydroxylation is 1. The molecule has 0 aliphatic heterocycles. The molecule has 1 amide bonds. The fraction of sp³-hybridized carbons (Fsp3) is 0.450. The number of carbonyl (C=O) groups is 1. The van der Waals surface area contributed by atoms with E-state index in [1.165, 1.54) is 0 Å². The van der Waals surface area contributed by atoms with E-state index in [2.05, 4.69) is 25.9 Å². The van der Waals surface area contributed by atoms with Crippen LogP contribution in [0.4, 0.5) is 0 Å². The summed E-state index contributed by atoms with van der Waals surface area (Å²) in [6, 6.07) is 7.66. The van der Waals surface area contributed by atoms with Crippen LogP contribution in [0, 0.1) is 6.92 Å². The van der Waals surface area contributed by atoms with Gasteiger partial charge in [0.05, 0.1) is 23.8 Å². The lowest BCUT2D eigenvalue weighted by molar-refractivity contribution is -0.122. The summed E-state index contributed by atoms with van der Waals surface area (Å²) in [5.74, 6) is 1.36. The van der Waals surface area contributed by atoms with Gasteiger partial charge in [-0.05, 0) is 38.5 Å². The normalized spacial score (nSPS) is 10.8. The number of nitrogens with one attached hydrogen (secondary N) is 2. The second kappa shape index (κ2) is 13.4. The molecule has 9 heteroatoms. The maximum Gasteiger partial charge on any atom is 0.257 e. The number of rotatable bonds is 9. The Morgan fingerprint density at radius 1 is 1.28 bits per heavy atom. The van der Waals surface area contributed by atoms with Crippen LogP contribution in [0.1, 0.15) is 30.1 Å². The number of hydrogen-bond donors (Lipinski definition) is 2. The van der Waals surface area contributed by atoms with E-state index in [1.807, 2.05) is 52.1 Å². The first-order valence-electron chi connectivity index (χ1n) is 9.40. The van der Waals surface area contributed by atoms with Crippen LogP contribution >= 0.6 is 35.3 Å². The van der Waals surface area contributed by atoms with Crippen LogP contribution in [0.2, 0.25) is 0 Å². The van der Waals surface area contributed by atoms with Crippen LogP contribution in [0.3, 0.4) is 0 Å². The van der Waals surface area contributed by atoms with E-state index in [4.69, 9.17) is 9.73 Å². The zero-order valence-corrected chi connectivity index (χ0v) is 20.5. The van der Waals surface area contributed by atoms with E-state index in [-0.39, 0.29) is 36.5 Å². The maximum absolute atomic E-state index is 11.5. The monoisotopic (exact) mass is 531 g/mol. The molecule has 0 spiro atoms. The number of aromatic nitrogens is 1. The molecule has 1 heterocycles. The number of benzene rings is 1. The number of nitrogens with zero attached hydrogens (tertiary/aromatic N) is 3. The molecule has 2 N–H and O–H groups in total. The van der Waals surface area contributed by atoms with Gasteiger partial charge in [-0.15, -0.1) is 35.3 Å². The van der Waals surface area contributed by atoms with Gasteiger partial charge >= 0.3 is 0 Å². The molecular weight excluding hydrogens is 501 g/mol. The van der Waals surface area contributed by atoms with Gasteiger partial charge in [-0.3, -0.25) is 4.79 Å². The molecule has 0 atom stereocenters. The minimum Gasteiger partial charge on any atom is -0.484 e. The Kier molecular flexibility index (Phi) is 11.6. The van der Waals surface area contributed by atoms with Gasteiger partial charge in [0.1, 0.15) is 5.75 Å². The van der Waals surface area contributed by atoms with E-state index < -0.39 is 0 Å². The summed E-state index contributed by atoms with van der Waals surface area (Å²) in [6.07, 6.45) is 0. The van der Waals surface area contributed by atoms with Crippen molar-refractivity contribution in [3.05, 3.63) is 45.9 Å². The number of amides is 1. The molecule has 160 valence electrons. The highest BCUT2D eigenvalue weighted by atomic mass is 127. The van der Waals surface area contributed by atoms with E-state index in [9.17, 15) is 4.79 Å². The Hall–Kier alpha value is -1.88. The predicted molar refractivity (Wildman–Crippen MR) is 129 cm³/mol. The molecule has 0 saturated carbocycles. The minimum atomic E-state index is -0.126. The van der Waals surface area contributed by atoms with E-state index in [0.717, 1.165) is 28.8 Å². The van der Waals surface area contributed by atoms with Crippen molar-refractivity contribution < 1.29 is 9.53 Å². The molecule has 0 unspecified atom stereocenters. The zero-order valence-electron chi connectivity index (χ0n) is 17.4. The first-order chi connectivity index (χ1) is 13.5. The quantitative estimate of drug-likeness (QED) is 0.295. The summed E-state index contributed by atoms with van der Waals surface area (Å²) >= 11 is 1.65. The van der Waals surface area contributed by atoms with Crippen molar-refractivity contribution in [1.82, 2.24) is 20.5 Å². The van der Waals surface area contributed by atoms with Gasteiger partial charge in [-0.2, -0.15) is 0 Å². The fourth-order valence-corrected chi connectivity index (χ4v) is 3.17. The molecule has 2 aromatic rings. The van der Waals surface area contributed by atoms with Crippen LogP contribution in [0.5, 0.6) is 5.75 Å². The van der Waals surface area contributed by atoms with Gasteiger partial charge in [-0.25, -0.2) is 9.98 Å². The van der Waals surface area contributed by atoms with Crippen LogP contribution in [-0.4, -0.2) is 48.5 Å². The van der Waals surface area contributed by atoms with Gasteiger partial charge in [0.2, 0.25) is 0 Å². The fourth-order valence-electron chi connectivity index (χ4n) is 2.57. The molecule has 29 heavy (non-hydrogen) atoms. The van der Waals surface area contributed by atoms with Crippen molar-refractivity contribution in [3.8, 4) is 5.75 Å². The number of carbonyl (C=O) groups excluding carboxylic acids is 1. The Balaban J connectivity index is 0.00000420. The third-order valence-corrected chi connectivity index (χ3v) is 4.64.